The molecule has 4 heteroatoms. The largest absolute Gasteiger partial charge is 0.480 e. The summed E-state index contributed by atoms with van der Waals surface area (Å²) in [5.41, 5.74) is 0. The van der Waals surface area contributed by atoms with E-state index in [1.807, 2.05) is 6.92 Å². The lowest BCUT2D eigenvalue weighted by atomic mass is 10.0. The van der Waals surface area contributed by atoms with Crippen molar-refractivity contribution in [3.8, 4) is 0 Å². The molecule has 106 valence electrons. The fraction of sp³-hybridized carbons (Fsp3) is 0.857. The van der Waals surface area contributed by atoms with E-state index < -0.39 is 12.0 Å². The Morgan fingerprint density at radius 2 is 1.78 bits per heavy atom. The Morgan fingerprint density at radius 1 is 1.11 bits per heavy atom. The second-order valence-corrected chi connectivity index (χ2v) is 5.24. The normalized spacial score (nSPS) is 12.4. The maximum absolute atomic E-state index is 11.6. The van der Waals surface area contributed by atoms with Gasteiger partial charge in [-0.25, -0.2) is 4.79 Å². The molecular weight excluding hydrogens is 230 g/mol. The monoisotopic (exact) mass is 257 g/mol. The highest BCUT2D eigenvalue weighted by atomic mass is 16.4. The number of rotatable bonds is 10. The van der Waals surface area contributed by atoms with Crippen molar-refractivity contribution in [2.24, 2.45) is 5.92 Å². The van der Waals surface area contributed by atoms with Crippen molar-refractivity contribution in [3.63, 3.8) is 0 Å². The zero-order valence-corrected chi connectivity index (χ0v) is 11.9. The lowest BCUT2D eigenvalue weighted by molar-refractivity contribution is -0.142. The van der Waals surface area contributed by atoms with E-state index in [-0.39, 0.29) is 5.91 Å². The molecule has 1 amide bonds. The van der Waals surface area contributed by atoms with Gasteiger partial charge in [0, 0.05) is 6.42 Å². The third-order valence-corrected chi connectivity index (χ3v) is 2.91. The Morgan fingerprint density at radius 3 is 2.28 bits per heavy atom. The van der Waals surface area contributed by atoms with E-state index in [1.54, 1.807) is 0 Å². The van der Waals surface area contributed by atoms with Gasteiger partial charge in [0.15, 0.2) is 0 Å². The standard InChI is InChI=1S/C14H27NO3/c1-4-5-9-12(14(17)18)15-13(16)10-7-6-8-11(2)3/h11-12H,4-10H2,1-3H3,(H,15,16)(H,17,18). The molecule has 2 N–H and O–H groups in total. The number of nitrogens with one attached hydrogen (secondary N) is 1. The van der Waals surface area contributed by atoms with E-state index in [1.165, 1.54) is 0 Å². The maximum atomic E-state index is 11.6. The minimum atomic E-state index is -0.931. The Hall–Kier alpha value is -1.06. The Labute approximate surface area is 110 Å². The number of amides is 1. The summed E-state index contributed by atoms with van der Waals surface area (Å²) in [6.07, 6.45) is 5.69. The van der Waals surface area contributed by atoms with Crippen LogP contribution < -0.4 is 5.32 Å². The van der Waals surface area contributed by atoms with Crippen LogP contribution in [-0.4, -0.2) is 23.0 Å². The predicted molar refractivity (Wildman–Crippen MR) is 72.4 cm³/mol. The summed E-state index contributed by atoms with van der Waals surface area (Å²) in [5, 5.41) is 11.6. The summed E-state index contributed by atoms with van der Waals surface area (Å²) >= 11 is 0. The molecule has 0 aromatic heterocycles. The van der Waals surface area contributed by atoms with Crippen molar-refractivity contribution >= 4 is 11.9 Å². The number of aliphatic carboxylic acids is 1. The van der Waals surface area contributed by atoms with Gasteiger partial charge >= 0.3 is 5.97 Å². The molecule has 0 spiro atoms. The summed E-state index contributed by atoms with van der Waals surface area (Å²) in [5.74, 6) is -0.411. The second kappa shape index (κ2) is 9.92. The fourth-order valence-electron chi connectivity index (χ4n) is 1.77. The number of carboxylic acids is 1. The third-order valence-electron chi connectivity index (χ3n) is 2.91. The van der Waals surface area contributed by atoms with Gasteiger partial charge in [-0.15, -0.1) is 0 Å². The highest BCUT2D eigenvalue weighted by Gasteiger charge is 2.18. The van der Waals surface area contributed by atoms with Crippen molar-refractivity contribution in [3.05, 3.63) is 0 Å². The quantitative estimate of drug-likeness (QED) is 0.591. The van der Waals surface area contributed by atoms with Crippen molar-refractivity contribution in [1.82, 2.24) is 5.32 Å². The molecular formula is C14H27NO3. The van der Waals surface area contributed by atoms with Gasteiger partial charge in [0.1, 0.15) is 6.04 Å². The molecule has 0 aliphatic rings. The Kier molecular flexibility index (Phi) is 9.33. The maximum Gasteiger partial charge on any atom is 0.326 e. The van der Waals surface area contributed by atoms with Gasteiger partial charge in [0.25, 0.3) is 0 Å². The summed E-state index contributed by atoms with van der Waals surface area (Å²) in [6, 6.07) is -0.720. The molecule has 0 heterocycles. The minimum absolute atomic E-state index is 0.137. The minimum Gasteiger partial charge on any atom is -0.480 e. The van der Waals surface area contributed by atoms with Gasteiger partial charge in [0.05, 0.1) is 0 Å². The molecule has 18 heavy (non-hydrogen) atoms. The number of carboxylic acid groups (broad SMARTS) is 1. The van der Waals surface area contributed by atoms with Crippen molar-refractivity contribution < 1.29 is 14.7 Å². The molecule has 4 nitrogen and oxygen atoms in total. The highest BCUT2D eigenvalue weighted by molar-refractivity contribution is 5.83. The van der Waals surface area contributed by atoms with E-state index in [0.29, 0.717) is 18.8 Å². The molecule has 0 saturated carbocycles. The molecule has 0 aliphatic carbocycles. The summed E-state index contributed by atoms with van der Waals surface area (Å²) < 4.78 is 0. The molecule has 0 rings (SSSR count). The summed E-state index contributed by atoms with van der Waals surface area (Å²) in [6.45, 7) is 6.32. The average molecular weight is 257 g/mol. The molecule has 0 saturated heterocycles. The number of hydrogen-bond acceptors (Lipinski definition) is 2. The zero-order chi connectivity index (χ0) is 14.0. The van der Waals surface area contributed by atoms with Crippen LogP contribution in [0.4, 0.5) is 0 Å². The van der Waals surface area contributed by atoms with Crippen LogP contribution in [0.25, 0.3) is 0 Å². The van der Waals surface area contributed by atoms with Crippen LogP contribution in [0, 0.1) is 5.92 Å². The van der Waals surface area contributed by atoms with Crippen LogP contribution in [0.1, 0.15) is 65.7 Å². The molecule has 0 aromatic rings. The summed E-state index contributed by atoms with van der Waals surface area (Å²) in [7, 11) is 0. The van der Waals surface area contributed by atoms with Crippen molar-refractivity contribution in [1.29, 1.82) is 0 Å². The summed E-state index contributed by atoms with van der Waals surface area (Å²) in [4.78, 5) is 22.5. The first-order chi connectivity index (χ1) is 8.47. The highest BCUT2D eigenvalue weighted by Crippen LogP contribution is 2.08. The second-order valence-electron chi connectivity index (χ2n) is 5.24. The van der Waals surface area contributed by atoms with Crippen LogP contribution >= 0.6 is 0 Å². The van der Waals surface area contributed by atoms with E-state index >= 15 is 0 Å². The van der Waals surface area contributed by atoms with Crippen LogP contribution in [0.3, 0.4) is 0 Å². The lowest BCUT2D eigenvalue weighted by Crippen LogP contribution is -2.40. The van der Waals surface area contributed by atoms with E-state index in [4.69, 9.17) is 5.11 Å². The molecule has 0 aliphatic heterocycles. The number of carbonyl (C=O) groups is 2. The van der Waals surface area contributed by atoms with Crippen molar-refractivity contribution in [2.75, 3.05) is 0 Å². The molecule has 0 radical (unpaired) electrons. The van der Waals surface area contributed by atoms with Crippen LogP contribution in [0.2, 0.25) is 0 Å². The number of hydrogen-bond donors (Lipinski definition) is 2. The first-order valence-corrected chi connectivity index (χ1v) is 6.99. The first kappa shape index (κ1) is 16.9. The average Bonchev–Trinajstić information content (AvgIpc) is 2.29. The predicted octanol–water partition coefficient (Wildman–Crippen LogP) is 2.96. The molecule has 0 bridgehead atoms. The van der Waals surface area contributed by atoms with E-state index in [2.05, 4.69) is 19.2 Å². The number of carbonyl (C=O) groups excluding carboxylic acids is 1. The van der Waals surface area contributed by atoms with E-state index in [9.17, 15) is 9.59 Å². The van der Waals surface area contributed by atoms with Gasteiger partial charge in [-0.05, 0) is 18.8 Å². The molecule has 0 aromatic carbocycles. The Balaban J connectivity index is 3.84. The van der Waals surface area contributed by atoms with Crippen LogP contribution in [0.15, 0.2) is 0 Å². The molecule has 1 atom stereocenters. The molecule has 1 unspecified atom stereocenters. The smallest absolute Gasteiger partial charge is 0.326 e. The van der Waals surface area contributed by atoms with Gasteiger partial charge in [0.2, 0.25) is 5.91 Å². The van der Waals surface area contributed by atoms with Crippen molar-refractivity contribution in [2.45, 2.75) is 71.8 Å². The molecule has 0 fully saturated rings. The van der Waals surface area contributed by atoms with Gasteiger partial charge in [-0.1, -0.05) is 46.5 Å². The third kappa shape index (κ3) is 9.02. The number of unbranched alkanes of at least 4 members (excludes halogenated alkanes) is 2. The van der Waals surface area contributed by atoms with Crippen LogP contribution in [0.5, 0.6) is 0 Å². The SMILES string of the molecule is CCCCC(NC(=O)CCCCC(C)C)C(=O)O. The lowest BCUT2D eigenvalue weighted by Gasteiger charge is -2.14. The van der Waals surface area contributed by atoms with Gasteiger partial charge in [-0.3, -0.25) is 4.79 Å². The Bertz CT molecular complexity index is 251. The zero-order valence-electron chi connectivity index (χ0n) is 11.9. The van der Waals surface area contributed by atoms with E-state index in [0.717, 1.165) is 32.1 Å². The fourth-order valence-corrected chi connectivity index (χ4v) is 1.77. The van der Waals surface area contributed by atoms with Gasteiger partial charge in [-0.2, -0.15) is 0 Å². The van der Waals surface area contributed by atoms with Crippen LogP contribution in [-0.2, 0) is 9.59 Å². The topological polar surface area (TPSA) is 66.4 Å². The van der Waals surface area contributed by atoms with Gasteiger partial charge < -0.3 is 10.4 Å². The first-order valence-electron chi connectivity index (χ1n) is 6.99.